The zero-order valence-electron chi connectivity index (χ0n) is 7.09. The van der Waals surface area contributed by atoms with Gasteiger partial charge in [0.25, 0.3) is 0 Å². The van der Waals surface area contributed by atoms with Crippen molar-refractivity contribution in [1.82, 2.24) is 0 Å². The topological polar surface area (TPSA) is 29.4 Å². The summed E-state index contributed by atoms with van der Waals surface area (Å²) < 4.78 is 15.3. The van der Waals surface area contributed by atoms with Gasteiger partial charge in [-0.3, -0.25) is 0 Å². The minimum absolute atomic E-state index is 0.201. The number of rotatable bonds is 1. The Bertz CT molecular complexity index is 199. The molecule has 1 atom stereocenters. The lowest BCUT2D eigenvalue weighted by atomic mass is 10.3. The van der Waals surface area contributed by atoms with E-state index >= 15 is 0 Å². The van der Waals surface area contributed by atoms with Crippen molar-refractivity contribution in [1.29, 1.82) is 0 Å². The van der Waals surface area contributed by atoms with Crippen molar-refractivity contribution in [3.05, 3.63) is 0 Å². The van der Waals surface area contributed by atoms with Crippen molar-refractivity contribution < 1.29 is 4.21 Å². The van der Waals surface area contributed by atoms with E-state index in [9.17, 15) is 4.21 Å². The molecule has 1 aliphatic rings. The van der Waals surface area contributed by atoms with Crippen LogP contribution in [0.3, 0.4) is 0 Å². The standard InChI is InChI=1S/C7H13NOS2/c1-7(2,3)11(9)8-6-4-10-5-6/h4-5H2,1-3H3/t11-/m1/s1. The molecule has 1 rings (SSSR count). The highest BCUT2D eigenvalue weighted by Crippen LogP contribution is 2.18. The van der Waals surface area contributed by atoms with Crippen LogP contribution in [0.1, 0.15) is 20.8 Å². The molecule has 1 aliphatic heterocycles. The second-order valence-corrected chi connectivity index (χ2v) is 6.40. The summed E-state index contributed by atoms with van der Waals surface area (Å²) in [6.45, 7) is 5.83. The lowest BCUT2D eigenvalue weighted by Gasteiger charge is -2.18. The number of nitrogens with zero attached hydrogens (tertiary/aromatic N) is 1. The summed E-state index contributed by atoms with van der Waals surface area (Å²) in [5.74, 6) is 1.95. The van der Waals surface area contributed by atoms with E-state index in [-0.39, 0.29) is 4.75 Å². The third-order valence-electron chi connectivity index (χ3n) is 1.27. The Morgan fingerprint density at radius 3 is 2.27 bits per heavy atom. The maximum absolute atomic E-state index is 11.4. The first-order valence-corrected chi connectivity index (χ1v) is 5.82. The SMILES string of the molecule is CC(C)(C)[S@@](=O)N=C1CSC1. The van der Waals surface area contributed by atoms with Gasteiger partial charge in [0, 0.05) is 17.2 Å². The summed E-state index contributed by atoms with van der Waals surface area (Å²) in [6, 6.07) is 0. The van der Waals surface area contributed by atoms with Gasteiger partial charge in [-0.25, -0.2) is 4.21 Å². The number of hydrogen-bond acceptors (Lipinski definition) is 2. The lowest BCUT2D eigenvalue weighted by molar-refractivity contribution is 0.650. The predicted octanol–water partition coefficient (Wildman–Crippen LogP) is 1.64. The molecule has 0 spiro atoms. The van der Waals surface area contributed by atoms with Crippen LogP contribution in [-0.4, -0.2) is 26.2 Å². The van der Waals surface area contributed by atoms with Crippen molar-refractivity contribution >= 4 is 28.5 Å². The molecule has 0 unspecified atom stereocenters. The molecule has 0 aromatic carbocycles. The van der Waals surface area contributed by atoms with Gasteiger partial charge in [-0.2, -0.15) is 4.40 Å². The monoisotopic (exact) mass is 191 g/mol. The van der Waals surface area contributed by atoms with Crippen molar-refractivity contribution in [2.45, 2.75) is 25.5 Å². The smallest absolute Gasteiger partial charge is 0.144 e. The van der Waals surface area contributed by atoms with Crippen molar-refractivity contribution in [3.8, 4) is 0 Å². The van der Waals surface area contributed by atoms with Crippen molar-refractivity contribution in [2.75, 3.05) is 11.5 Å². The van der Waals surface area contributed by atoms with E-state index in [2.05, 4.69) is 4.40 Å². The van der Waals surface area contributed by atoms with Gasteiger partial charge in [0.1, 0.15) is 11.0 Å². The minimum Gasteiger partial charge on any atom is -0.234 e. The molecule has 0 bridgehead atoms. The zero-order valence-corrected chi connectivity index (χ0v) is 8.72. The van der Waals surface area contributed by atoms with E-state index in [1.807, 2.05) is 32.5 Å². The van der Waals surface area contributed by atoms with Crippen LogP contribution in [0, 0.1) is 0 Å². The molecule has 0 radical (unpaired) electrons. The van der Waals surface area contributed by atoms with Crippen LogP contribution in [0.2, 0.25) is 0 Å². The molecule has 0 aromatic heterocycles. The van der Waals surface area contributed by atoms with Gasteiger partial charge in [-0.05, 0) is 20.8 Å². The molecule has 11 heavy (non-hydrogen) atoms. The van der Waals surface area contributed by atoms with E-state index in [0.717, 1.165) is 17.2 Å². The molecule has 1 heterocycles. The van der Waals surface area contributed by atoms with Crippen LogP contribution >= 0.6 is 11.8 Å². The Kier molecular flexibility index (Phi) is 2.75. The normalized spacial score (nSPS) is 20.8. The van der Waals surface area contributed by atoms with E-state index < -0.39 is 11.0 Å². The average molecular weight is 191 g/mol. The second kappa shape index (κ2) is 3.27. The van der Waals surface area contributed by atoms with Gasteiger partial charge in [-0.1, -0.05) is 0 Å². The van der Waals surface area contributed by atoms with E-state index in [0.29, 0.717) is 0 Å². The number of thioether (sulfide) groups is 1. The average Bonchev–Trinajstić information content (AvgIpc) is 1.75. The zero-order chi connectivity index (χ0) is 8.48. The summed E-state index contributed by atoms with van der Waals surface area (Å²) in [7, 11) is -1.04. The fraction of sp³-hybridized carbons (Fsp3) is 0.857. The first-order chi connectivity index (χ1) is 5.00. The Labute approximate surface area is 74.5 Å². The van der Waals surface area contributed by atoms with Crippen LogP contribution in [0.5, 0.6) is 0 Å². The van der Waals surface area contributed by atoms with Crippen LogP contribution in [0.4, 0.5) is 0 Å². The molecule has 1 fully saturated rings. The molecule has 0 amide bonds. The fourth-order valence-corrected chi connectivity index (χ4v) is 1.82. The van der Waals surface area contributed by atoms with Gasteiger partial charge in [0.2, 0.25) is 0 Å². The summed E-state index contributed by atoms with van der Waals surface area (Å²) in [5.41, 5.74) is 1.10. The predicted molar refractivity (Wildman–Crippen MR) is 52.7 cm³/mol. The van der Waals surface area contributed by atoms with E-state index in [1.165, 1.54) is 0 Å². The summed E-state index contributed by atoms with van der Waals surface area (Å²) >= 11 is 1.83. The Hall–Kier alpha value is 0.170. The molecule has 1 saturated heterocycles. The van der Waals surface area contributed by atoms with E-state index in [4.69, 9.17) is 0 Å². The molecular weight excluding hydrogens is 178 g/mol. The van der Waals surface area contributed by atoms with Crippen LogP contribution in [0.15, 0.2) is 4.40 Å². The molecule has 0 aliphatic carbocycles. The summed E-state index contributed by atoms with van der Waals surface area (Å²) in [5, 5.41) is 0. The molecule has 0 saturated carbocycles. The minimum atomic E-state index is -1.04. The first-order valence-electron chi connectivity index (χ1n) is 3.56. The van der Waals surface area contributed by atoms with E-state index in [1.54, 1.807) is 0 Å². The van der Waals surface area contributed by atoms with Gasteiger partial charge in [-0.15, -0.1) is 11.8 Å². The molecule has 0 N–H and O–H groups in total. The molecule has 2 nitrogen and oxygen atoms in total. The summed E-state index contributed by atoms with van der Waals surface area (Å²) in [4.78, 5) is 0. The Morgan fingerprint density at radius 1 is 1.45 bits per heavy atom. The highest BCUT2D eigenvalue weighted by molar-refractivity contribution is 8.03. The first kappa shape index (κ1) is 9.26. The van der Waals surface area contributed by atoms with Crippen molar-refractivity contribution in [3.63, 3.8) is 0 Å². The third-order valence-corrected chi connectivity index (χ3v) is 3.82. The Morgan fingerprint density at radius 2 is 2.00 bits per heavy atom. The highest BCUT2D eigenvalue weighted by atomic mass is 32.2. The quantitative estimate of drug-likeness (QED) is 0.630. The maximum atomic E-state index is 11.4. The molecule has 0 aromatic rings. The largest absolute Gasteiger partial charge is 0.234 e. The maximum Gasteiger partial charge on any atom is 0.144 e. The molecule has 4 heteroatoms. The highest BCUT2D eigenvalue weighted by Gasteiger charge is 2.21. The van der Waals surface area contributed by atoms with Gasteiger partial charge in [0.05, 0.1) is 4.75 Å². The number of hydrogen-bond donors (Lipinski definition) is 0. The third kappa shape index (κ3) is 2.60. The van der Waals surface area contributed by atoms with Crippen LogP contribution in [0.25, 0.3) is 0 Å². The van der Waals surface area contributed by atoms with Gasteiger partial charge >= 0.3 is 0 Å². The second-order valence-electron chi connectivity index (χ2n) is 3.51. The van der Waals surface area contributed by atoms with Crippen molar-refractivity contribution in [2.24, 2.45) is 4.40 Å². The van der Waals surface area contributed by atoms with Crippen LogP contribution in [-0.2, 0) is 11.0 Å². The molecule has 64 valence electrons. The lowest BCUT2D eigenvalue weighted by Crippen LogP contribution is -2.25. The molecular formula is C7H13NOS2. The fourth-order valence-electron chi connectivity index (χ4n) is 0.500. The summed E-state index contributed by atoms with van der Waals surface area (Å²) in [6.07, 6.45) is 0. The van der Waals surface area contributed by atoms with Gasteiger partial charge < -0.3 is 0 Å². The Balaban J connectivity index is 2.55. The van der Waals surface area contributed by atoms with Crippen LogP contribution < -0.4 is 0 Å². The van der Waals surface area contributed by atoms with Gasteiger partial charge in [0.15, 0.2) is 0 Å².